The largest absolute Gasteiger partial charge is 0.494 e. The molecule has 3 aliphatic heterocycles. The van der Waals surface area contributed by atoms with Crippen molar-refractivity contribution in [3.63, 3.8) is 0 Å². The van der Waals surface area contributed by atoms with Crippen LogP contribution in [-0.2, 0) is 40.7 Å². The number of piperidine rings is 2. The van der Waals surface area contributed by atoms with Crippen LogP contribution in [-0.4, -0.2) is 132 Å². The number of carbonyl (C=O) groups excluding carboxylic acids is 5. The highest BCUT2D eigenvalue weighted by Gasteiger charge is 2.41. The van der Waals surface area contributed by atoms with Crippen LogP contribution in [0.4, 0.5) is 11.4 Å². The van der Waals surface area contributed by atoms with Gasteiger partial charge in [-0.15, -0.1) is 12.4 Å². The van der Waals surface area contributed by atoms with Crippen LogP contribution in [0.1, 0.15) is 108 Å². The van der Waals surface area contributed by atoms with E-state index in [0.717, 1.165) is 80.0 Å². The molecular formula is C54H67ClN10O9. The zero-order valence-electron chi connectivity index (χ0n) is 42.1. The Morgan fingerprint density at radius 2 is 1.54 bits per heavy atom. The van der Waals surface area contributed by atoms with Crippen molar-refractivity contribution < 1.29 is 42.9 Å². The maximum Gasteiger partial charge on any atom is 0.255 e. The Balaban J connectivity index is 0.00000800. The van der Waals surface area contributed by atoms with Crippen LogP contribution in [0.15, 0.2) is 91.3 Å². The summed E-state index contributed by atoms with van der Waals surface area (Å²) in [7, 11) is 2.12. The number of pyridine rings is 1. The van der Waals surface area contributed by atoms with Crippen LogP contribution in [0.5, 0.6) is 5.75 Å². The average molecular weight is 1040 g/mol. The Kier molecular flexibility index (Phi) is 20.0. The number of imide groups is 1. The van der Waals surface area contributed by atoms with Gasteiger partial charge in [-0.25, -0.2) is 4.98 Å². The van der Waals surface area contributed by atoms with Gasteiger partial charge < -0.3 is 44.7 Å². The number of amides is 5. The molecule has 1 unspecified atom stereocenters. The molecule has 2 aromatic heterocycles. The second kappa shape index (κ2) is 27.0. The van der Waals surface area contributed by atoms with E-state index in [1.54, 1.807) is 30.6 Å². The molecule has 2 fully saturated rings. The molecule has 3 aliphatic rings. The van der Waals surface area contributed by atoms with Crippen LogP contribution in [0.3, 0.4) is 0 Å². The number of likely N-dealkylation sites (tertiary alicyclic amines) is 1. The Morgan fingerprint density at radius 1 is 0.838 bits per heavy atom. The van der Waals surface area contributed by atoms with Gasteiger partial charge in [0.2, 0.25) is 17.7 Å². The fraction of sp³-hybridized carbons (Fsp3) is 0.444. The van der Waals surface area contributed by atoms with E-state index in [4.69, 9.17) is 23.9 Å². The number of aromatic amines is 1. The Morgan fingerprint density at radius 3 is 2.28 bits per heavy atom. The molecule has 0 saturated carbocycles. The topological polar surface area (TPSA) is 231 Å². The SMILES string of the molecule is C[C@@H](NC(=O)c1cccc(NC2(c3nc(-c4ccncc4)n[nH]3)CCN(C)CC2)c1)c1ccc(OCCCCCCOCCOCCOCCC(=O)Nc2cccc3c2CN(C2CCC(=O)NC2=O)C3=O)cc1.Cl. The number of ether oxygens (including phenoxy) is 4. The minimum atomic E-state index is -0.724. The van der Waals surface area contributed by atoms with E-state index in [-0.39, 0.29) is 74.5 Å². The Bertz CT molecular complexity index is 2660. The Labute approximate surface area is 437 Å². The number of nitrogens with zero attached hydrogens (tertiary/aromatic N) is 5. The van der Waals surface area contributed by atoms with Crippen molar-refractivity contribution in [2.24, 2.45) is 0 Å². The third-order valence-corrected chi connectivity index (χ3v) is 13.5. The number of unbranched alkanes of at least 4 members (excludes halogenated alkanes) is 3. The fourth-order valence-corrected chi connectivity index (χ4v) is 9.23. The maximum atomic E-state index is 13.5. The molecule has 3 aromatic carbocycles. The van der Waals surface area contributed by atoms with Gasteiger partial charge in [0, 0.05) is 78.7 Å². The van der Waals surface area contributed by atoms with E-state index in [1.807, 2.05) is 67.6 Å². The molecule has 2 saturated heterocycles. The highest BCUT2D eigenvalue weighted by molar-refractivity contribution is 6.07. The maximum absolute atomic E-state index is 13.5. The highest BCUT2D eigenvalue weighted by Crippen LogP contribution is 2.36. The molecule has 2 atom stereocenters. The summed E-state index contributed by atoms with van der Waals surface area (Å²) in [6, 6.07) is 23.4. The predicted octanol–water partition coefficient (Wildman–Crippen LogP) is 6.59. The molecule has 394 valence electrons. The number of hydrogen-bond donors (Lipinski definition) is 5. The van der Waals surface area contributed by atoms with Gasteiger partial charge in [0.25, 0.3) is 11.8 Å². The molecule has 0 aliphatic carbocycles. The molecule has 5 aromatic rings. The third kappa shape index (κ3) is 14.7. The molecule has 8 rings (SSSR count). The first-order valence-corrected chi connectivity index (χ1v) is 25.3. The van der Waals surface area contributed by atoms with Gasteiger partial charge >= 0.3 is 0 Å². The van der Waals surface area contributed by atoms with Crippen molar-refractivity contribution >= 4 is 53.3 Å². The van der Waals surface area contributed by atoms with Gasteiger partial charge in [-0.3, -0.25) is 39.4 Å². The zero-order chi connectivity index (χ0) is 51.0. The van der Waals surface area contributed by atoms with Crippen molar-refractivity contribution in [3.8, 4) is 17.1 Å². The van der Waals surface area contributed by atoms with Crippen molar-refractivity contribution in [1.29, 1.82) is 0 Å². The lowest BCUT2D eigenvalue weighted by atomic mass is 9.86. The van der Waals surface area contributed by atoms with Gasteiger partial charge in [0.1, 0.15) is 11.8 Å². The van der Waals surface area contributed by atoms with Gasteiger partial charge in [0.05, 0.1) is 57.6 Å². The van der Waals surface area contributed by atoms with Crippen molar-refractivity contribution in [3.05, 3.63) is 119 Å². The number of carbonyl (C=O) groups is 5. The normalized spacial score (nSPS) is 16.7. The number of rotatable bonds is 26. The van der Waals surface area contributed by atoms with Crippen LogP contribution in [0, 0.1) is 0 Å². The first-order valence-electron chi connectivity index (χ1n) is 25.3. The average Bonchev–Trinajstić information content (AvgIpc) is 4.04. The number of halogens is 1. The van der Waals surface area contributed by atoms with Crippen LogP contribution in [0.25, 0.3) is 11.4 Å². The molecule has 20 heteroatoms. The molecule has 5 amide bonds. The van der Waals surface area contributed by atoms with Crippen LogP contribution < -0.4 is 26.0 Å². The van der Waals surface area contributed by atoms with Gasteiger partial charge in [-0.05, 0) is 113 Å². The van der Waals surface area contributed by atoms with E-state index in [9.17, 15) is 24.0 Å². The van der Waals surface area contributed by atoms with Crippen molar-refractivity contribution in [1.82, 2.24) is 40.6 Å². The smallest absolute Gasteiger partial charge is 0.255 e. The first-order chi connectivity index (χ1) is 35.5. The summed E-state index contributed by atoms with van der Waals surface area (Å²) in [6.45, 7) is 7.04. The second-order valence-electron chi connectivity index (χ2n) is 18.7. The van der Waals surface area contributed by atoms with E-state index in [1.165, 1.54) is 4.90 Å². The second-order valence-corrected chi connectivity index (χ2v) is 18.7. The van der Waals surface area contributed by atoms with E-state index < -0.39 is 17.5 Å². The lowest BCUT2D eigenvalue weighted by Crippen LogP contribution is -2.52. The molecular weight excluding hydrogens is 968 g/mol. The van der Waals surface area contributed by atoms with Crippen LogP contribution >= 0.6 is 12.4 Å². The number of benzene rings is 3. The van der Waals surface area contributed by atoms with Gasteiger partial charge in [0.15, 0.2) is 11.6 Å². The number of H-pyrrole nitrogens is 1. The molecule has 5 N–H and O–H groups in total. The number of nitrogens with one attached hydrogen (secondary N) is 5. The summed E-state index contributed by atoms with van der Waals surface area (Å²) in [4.78, 5) is 76.0. The van der Waals surface area contributed by atoms with Crippen LogP contribution in [0.2, 0.25) is 0 Å². The predicted molar refractivity (Wildman–Crippen MR) is 280 cm³/mol. The zero-order valence-corrected chi connectivity index (χ0v) is 42.9. The standard InChI is InChI=1S/C54H66N10O9.ClH/c1-37(56-50(67)40-9-7-10-41(35-40)60-54(22-26-63(2)27-23-54)53-59-49(61-62-53)39-19-24-55-25-20-39)38-13-15-42(16-14-38)73-29-6-4-3-5-28-70-31-33-72-34-32-71-30-21-48(66)57-45-12-8-11-43-44(45)36-64(52(43)69)46-17-18-47(65)58-51(46)68;/h7-16,19-20,24-25,35,37,46,60H,3-6,17-18,21-23,26-34,36H2,1-2H3,(H,56,67)(H,57,66)(H,58,65,68)(H,59,61,62);1H/t37-,46?;/m1./s1. The van der Waals surface area contributed by atoms with E-state index in [2.05, 4.69) is 48.4 Å². The third-order valence-electron chi connectivity index (χ3n) is 13.5. The molecule has 0 bridgehead atoms. The Hall–Kier alpha value is -6.77. The summed E-state index contributed by atoms with van der Waals surface area (Å²) >= 11 is 0. The molecule has 5 heterocycles. The summed E-state index contributed by atoms with van der Waals surface area (Å²) in [5, 5.41) is 19.8. The van der Waals surface area contributed by atoms with Gasteiger partial charge in [-0.1, -0.05) is 30.7 Å². The summed E-state index contributed by atoms with van der Waals surface area (Å²) in [5.74, 6) is 0.647. The highest BCUT2D eigenvalue weighted by atomic mass is 35.5. The number of aromatic nitrogens is 4. The lowest BCUT2D eigenvalue weighted by molar-refractivity contribution is -0.137. The van der Waals surface area contributed by atoms with Gasteiger partial charge in [-0.2, -0.15) is 5.10 Å². The summed E-state index contributed by atoms with van der Waals surface area (Å²) < 4.78 is 22.9. The number of hydrogen-bond acceptors (Lipinski definition) is 14. The summed E-state index contributed by atoms with van der Waals surface area (Å²) in [5.41, 5.74) is 4.39. The number of fused-ring (bicyclic) bond motifs is 1. The van der Waals surface area contributed by atoms with Crippen molar-refractivity contribution in [2.45, 2.75) is 88.9 Å². The number of anilines is 2. The minimum absolute atomic E-state index is 0. The monoisotopic (exact) mass is 1030 g/mol. The quantitative estimate of drug-likeness (QED) is 0.0291. The molecule has 0 spiro atoms. The van der Waals surface area contributed by atoms with Crippen molar-refractivity contribution in [2.75, 3.05) is 77.0 Å². The minimum Gasteiger partial charge on any atom is -0.494 e. The molecule has 0 radical (unpaired) electrons. The fourth-order valence-electron chi connectivity index (χ4n) is 9.23. The first kappa shape index (κ1) is 55.0. The van der Waals surface area contributed by atoms with E-state index in [0.29, 0.717) is 67.8 Å². The summed E-state index contributed by atoms with van der Waals surface area (Å²) in [6.07, 6.45) is 9.58. The molecule has 19 nitrogen and oxygen atoms in total. The van der Waals surface area contributed by atoms with E-state index >= 15 is 0 Å². The lowest BCUT2D eigenvalue weighted by Gasteiger charge is -2.40. The molecule has 74 heavy (non-hydrogen) atoms.